The molecular formula is C21H23NO5. The predicted octanol–water partition coefficient (Wildman–Crippen LogP) is 3.39. The maximum atomic E-state index is 12.4. The molecule has 27 heavy (non-hydrogen) atoms. The van der Waals surface area contributed by atoms with Crippen molar-refractivity contribution < 1.29 is 23.7 Å². The Kier molecular flexibility index (Phi) is 5.05. The van der Waals surface area contributed by atoms with Gasteiger partial charge in [-0.3, -0.25) is 4.79 Å². The van der Waals surface area contributed by atoms with Crippen LogP contribution in [0.3, 0.4) is 0 Å². The molecule has 0 fully saturated rings. The van der Waals surface area contributed by atoms with Crippen molar-refractivity contribution in [2.45, 2.75) is 32.2 Å². The normalized spacial score (nSPS) is 15.7. The summed E-state index contributed by atoms with van der Waals surface area (Å²) in [6, 6.07) is 11.5. The van der Waals surface area contributed by atoms with Gasteiger partial charge < -0.3 is 24.3 Å². The van der Waals surface area contributed by atoms with Crippen LogP contribution in [-0.4, -0.2) is 25.9 Å². The fraction of sp³-hybridized carbons (Fsp3) is 0.381. The van der Waals surface area contributed by atoms with Crippen LogP contribution in [0.5, 0.6) is 23.0 Å². The van der Waals surface area contributed by atoms with E-state index < -0.39 is 0 Å². The van der Waals surface area contributed by atoms with Crippen molar-refractivity contribution in [1.29, 1.82) is 0 Å². The third-order valence-corrected chi connectivity index (χ3v) is 4.73. The van der Waals surface area contributed by atoms with Crippen LogP contribution in [0.15, 0.2) is 36.4 Å². The predicted molar refractivity (Wildman–Crippen MR) is 99.5 cm³/mol. The van der Waals surface area contributed by atoms with Crippen LogP contribution >= 0.6 is 0 Å². The molecule has 0 unspecified atom stereocenters. The van der Waals surface area contributed by atoms with E-state index in [1.54, 1.807) is 0 Å². The molecule has 1 N–H and O–H groups in total. The van der Waals surface area contributed by atoms with Gasteiger partial charge in [0, 0.05) is 12.8 Å². The van der Waals surface area contributed by atoms with Crippen LogP contribution < -0.4 is 24.3 Å². The van der Waals surface area contributed by atoms with Gasteiger partial charge in [-0.2, -0.15) is 0 Å². The smallest absolute Gasteiger partial charge is 0.231 e. The SMILES string of the molecule is C[C@H](NC(=O)CCc1ccc2c(c1)OCO2)c1ccc2c(c1)OCCCO2. The number of amides is 1. The molecule has 6 nitrogen and oxygen atoms in total. The Hall–Kier alpha value is -2.89. The van der Waals surface area contributed by atoms with Gasteiger partial charge >= 0.3 is 0 Å². The lowest BCUT2D eigenvalue weighted by atomic mass is 10.1. The van der Waals surface area contributed by atoms with E-state index in [1.807, 2.05) is 43.3 Å². The van der Waals surface area contributed by atoms with Crippen molar-refractivity contribution in [3.05, 3.63) is 47.5 Å². The Balaban J connectivity index is 1.33. The highest BCUT2D eigenvalue weighted by Crippen LogP contribution is 2.33. The number of hydrogen-bond donors (Lipinski definition) is 1. The van der Waals surface area contributed by atoms with E-state index in [2.05, 4.69) is 5.32 Å². The maximum Gasteiger partial charge on any atom is 0.231 e. The van der Waals surface area contributed by atoms with Crippen molar-refractivity contribution >= 4 is 5.91 Å². The zero-order valence-corrected chi connectivity index (χ0v) is 15.3. The van der Waals surface area contributed by atoms with Crippen LogP contribution in [0, 0.1) is 0 Å². The number of rotatable bonds is 5. The molecule has 0 saturated carbocycles. The molecule has 0 saturated heterocycles. The molecule has 0 spiro atoms. The van der Waals surface area contributed by atoms with Crippen LogP contribution in [0.25, 0.3) is 0 Å². The average molecular weight is 369 g/mol. The second kappa shape index (κ2) is 7.78. The Morgan fingerprint density at radius 1 is 0.963 bits per heavy atom. The van der Waals surface area contributed by atoms with Gasteiger partial charge in [-0.25, -0.2) is 0 Å². The average Bonchev–Trinajstić information content (AvgIpc) is 3.01. The van der Waals surface area contributed by atoms with Crippen molar-refractivity contribution in [2.75, 3.05) is 20.0 Å². The van der Waals surface area contributed by atoms with E-state index in [-0.39, 0.29) is 18.7 Å². The number of carbonyl (C=O) groups excluding carboxylic acids is 1. The second-order valence-electron chi connectivity index (χ2n) is 6.73. The highest BCUT2D eigenvalue weighted by Gasteiger charge is 2.16. The van der Waals surface area contributed by atoms with Crippen LogP contribution in [0.2, 0.25) is 0 Å². The standard InChI is InChI=1S/C21H23NO5/c1-14(16-5-7-17-20(12-16)25-10-2-9-24-17)22-21(23)8-4-15-3-6-18-19(11-15)27-13-26-18/h3,5-7,11-12,14H,2,4,8-10,13H2,1H3,(H,22,23)/t14-/m0/s1. The van der Waals surface area contributed by atoms with E-state index in [4.69, 9.17) is 18.9 Å². The Labute approximate surface area is 158 Å². The van der Waals surface area contributed by atoms with Gasteiger partial charge in [0.1, 0.15) is 0 Å². The van der Waals surface area contributed by atoms with Gasteiger partial charge in [-0.05, 0) is 48.7 Å². The van der Waals surface area contributed by atoms with E-state index >= 15 is 0 Å². The number of fused-ring (bicyclic) bond motifs is 2. The van der Waals surface area contributed by atoms with Gasteiger partial charge in [0.05, 0.1) is 19.3 Å². The molecule has 4 rings (SSSR count). The molecule has 2 aromatic carbocycles. The zero-order valence-electron chi connectivity index (χ0n) is 15.3. The van der Waals surface area contributed by atoms with Crippen LogP contribution in [0.1, 0.15) is 36.9 Å². The summed E-state index contributed by atoms with van der Waals surface area (Å²) in [6.45, 7) is 3.54. The maximum absolute atomic E-state index is 12.4. The Bertz CT molecular complexity index is 835. The third kappa shape index (κ3) is 4.10. The summed E-state index contributed by atoms with van der Waals surface area (Å²) in [6.07, 6.45) is 1.93. The summed E-state index contributed by atoms with van der Waals surface area (Å²) in [4.78, 5) is 12.4. The number of benzene rings is 2. The molecule has 0 bridgehead atoms. The topological polar surface area (TPSA) is 66.0 Å². The minimum absolute atomic E-state index is 0.00674. The summed E-state index contributed by atoms with van der Waals surface area (Å²) < 4.78 is 22.1. The van der Waals surface area contributed by atoms with Gasteiger partial charge in [-0.1, -0.05) is 12.1 Å². The zero-order chi connectivity index (χ0) is 18.6. The molecular weight excluding hydrogens is 346 g/mol. The largest absolute Gasteiger partial charge is 0.490 e. The molecule has 2 aliphatic rings. The quantitative estimate of drug-likeness (QED) is 0.875. The number of nitrogens with one attached hydrogen (secondary N) is 1. The minimum Gasteiger partial charge on any atom is -0.490 e. The Morgan fingerprint density at radius 3 is 2.56 bits per heavy atom. The van der Waals surface area contributed by atoms with Crippen molar-refractivity contribution in [1.82, 2.24) is 5.32 Å². The van der Waals surface area contributed by atoms with E-state index in [0.717, 1.165) is 40.5 Å². The highest BCUT2D eigenvalue weighted by molar-refractivity contribution is 5.76. The van der Waals surface area contributed by atoms with Crippen LogP contribution in [0.4, 0.5) is 0 Å². The minimum atomic E-state index is -0.105. The summed E-state index contributed by atoms with van der Waals surface area (Å²) in [7, 11) is 0. The first kappa shape index (κ1) is 17.5. The van der Waals surface area contributed by atoms with Crippen molar-refractivity contribution in [2.24, 2.45) is 0 Å². The summed E-state index contributed by atoms with van der Waals surface area (Å²) in [5, 5.41) is 3.05. The molecule has 2 heterocycles. The molecule has 0 aliphatic carbocycles. The first-order valence-corrected chi connectivity index (χ1v) is 9.26. The molecule has 6 heteroatoms. The molecule has 1 amide bonds. The molecule has 0 radical (unpaired) electrons. The summed E-state index contributed by atoms with van der Waals surface area (Å²) in [5.74, 6) is 3.01. The summed E-state index contributed by atoms with van der Waals surface area (Å²) >= 11 is 0. The number of aryl methyl sites for hydroxylation is 1. The third-order valence-electron chi connectivity index (χ3n) is 4.73. The van der Waals surface area contributed by atoms with Crippen molar-refractivity contribution in [3.63, 3.8) is 0 Å². The van der Waals surface area contributed by atoms with Crippen molar-refractivity contribution in [3.8, 4) is 23.0 Å². The lowest BCUT2D eigenvalue weighted by molar-refractivity contribution is -0.121. The van der Waals surface area contributed by atoms with E-state index in [0.29, 0.717) is 26.1 Å². The molecule has 2 aliphatic heterocycles. The molecule has 0 aromatic heterocycles. The van der Waals surface area contributed by atoms with Gasteiger partial charge in [0.25, 0.3) is 0 Å². The van der Waals surface area contributed by atoms with Gasteiger partial charge in [0.2, 0.25) is 12.7 Å². The fourth-order valence-electron chi connectivity index (χ4n) is 3.20. The molecule has 1 atom stereocenters. The lowest BCUT2D eigenvalue weighted by Gasteiger charge is -2.16. The number of hydrogen-bond acceptors (Lipinski definition) is 5. The first-order chi connectivity index (χ1) is 13.2. The summed E-state index contributed by atoms with van der Waals surface area (Å²) in [5.41, 5.74) is 2.05. The van der Waals surface area contributed by atoms with Crippen LogP contribution in [-0.2, 0) is 11.2 Å². The highest BCUT2D eigenvalue weighted by atomic mass is 16.7. The first-order valence-electron chi connectivity index (χ1n) is 9.26. The van der Waals surface area contributed by atoms with E-state index in [9.17, 15) is 4.79 Å². The second-order valence-corrected chi connectivity index (χ2v) is 6.73. The Morgan fingerprint density at radius 2 is 1.67 bits per heavy atom. The van der Waals surface area contributed by atoms with Gasteiger partial charge in [0.15, 0.2) is 23.0 Å². The van der Waals surface area contributed by atoms with Gasteiger partial charge in [-0.15, -0.1) is 0 Å². The van der Waals surface area contributed by atoms with E-state index in [1.165, 1.54) is 0 Å². The fourth-order valence-corrected chi connectivity index (χ4v) is 3.20. The number of ether oxygens (including phenoxy) is 4. The monoisotopic (exact) mass is 369 g/mol. The lowest BCUT2D eigenvalue weighted by Crippen LogP contribution is -2.26. The number of carbonyl (C=O) groups is 1. The molecule has 142 valence electrons. The molecule has 2 aromatic rings.